The molecule has 0 amide bonds. The summed E-state index contributed by atoms with van der Waals surface area (Å²) in [6.45, 7) is 9.68. The predicted octanol–water partition coefficient (Wildman–Crippen LogP) is 3.51. The first-order valence-corrected chi connectivity index (χ1v) is 5.07. The topological polar surface area (TPSA) is 17.1 Å². The molecule has 2 heteroatoms. The molecule has 0 spiro atoms. The zero-order valence-corrected chi connectivity index (χ0v) is 9.12. The lowest BCUT2D eigenvalue weighted by atomic mass is 10.1. The van der Waals surface area contributed by atoms with Gasteiger partial charge in [-0.1, -0.05) is 12.2 Å². The lowest BCUT2D eigenvalue weighted by molar-refractivity contribution is 0.0997. The number of hydrogen-bond acceptors (Lipinski definition) is 2. The van der Waals surface area contributed by atoms with E-state index in [-0.39, 0.29) is 5.78 Å². The van der Waals surface area contributed by atoms with Gasteiger partial charge in [-0.25, -0.2) is 0 Å². The van der Waals surface area contributed by atoms with E-state index < -0.39 is 0 Å². The highest BCUT2D eigenvalue weighted by molar-refractivity contribution is 7.14. The van der Waals surface area contributed by atoms with Crippen LogP contribution in [0.1, 0.15) is 33.5 Å². The maximum Gasteiger partial charge on any atom is 0.176 e. The summed E-state index contributed by atoms with van der Waals surface area (Å²) in [5.74, 6) is 0.189. The number of carbonyl (C=O) groups excluding carboxylic acids is 1. The van der Waals surface area contributed by atoms with Crippen LogP contribution in [0.2, 0.25) is 0 Å². The van der Waals surface area contributed by atoms with E-state index in [0.29, 0.717) is 6.42 Å². The standard InChI is InChI=1S/C11H14OS/c1-7(2)5-10(12)11-6-8(3)9(4)13-11/h6H,1,5H2,2-4H3. The largest absolute Gasteiger partial charge is 0.293 e. The molecule has 0 saturated heterocycles. The molecule has 70 valence electrons. The molecule has 0 saturated carbocycles. The summed E-state index contributed by atoms with van der Waals surface area (Å²) >= 11 is 1.57. The second-order valence-electron chi connectivity index (χ2n) is 3.41. The molecule has 0 N–H and O–H groups in total. The minimum atomic E-state index is 0.189. The van der Waals surface area contributed by atoms with Crippen molar-refractivity contribution in [2.24, 2.45) is 0 Å². The Balaban J connectivity index is 2.83. The molecule has 0 atom stereocenters. The summed E-state index contributed by atoms with van der Waals surface area (Å²) in [5.41, 5.74) is 2.13. The van der Waals surface area contributed by atoms with E-state index in [4.69, 9.17) is 0 Å². The molecule has 0 bridgehead atoms. The van der Waals surface area contributed by atoms with E-state index in [1.807, 2.05) is 26.8 Å². The zero-order chi connectivity index (χ0) is 10.0. The number of rotatable bonds is 3. The number of Topliss-reactive ketones (excluding diaryl/α,β-unsaturated/α-hetero) is 1. The molecule has 1 aromatic rings. The summed E-state index contributed by atoms with van der Waals surface area (Å²) in [6.07, 6.45) is 0.472. The number of allylic oxidation sites excluding steroid dienone is 1. The van der Waals surface area contributed by atoms with Crippen molar-refractivity contribution in [1.29, 1.82) is 0 Å². The quantitative estimate of drug-likeness (QED) is 0.531. The molecule has 0 aliphatic heterocycles. The normalized spacial score (nSPS) is 10.1. The van der Waals surface area contributed by atoms with Crippen LogP contribution >= 0.6 is 11.3 Å². The third-order valence-electron chi connectivity index (χ3n) is 1.90. The van der Waals surface area contributed by atoms with Crippen molar-refractivity contribution >= 4 is 17.1 Å². The maximum absolute atomic E-state index is 11.6. The number of hydrogen-bond donors (Lipinski definition) is 0. The summed E-state index contributed by atoms with van der Waals surface area (Å²) in [7, 11) is 0. The zero-order valence-electron chi connectivity index (χ0n) is 8.31. The minimum absolute atomic E-state index is 0.189. The average Bonchev–Trinajstić information content (AvgIpc) is 2.31. The van der Waals surface area contributed by atoms with Gasteiger partial charge >= 0.3 is 0 Å². The molecule has 1 rings (SSSR count). The van der Waals surface area contributed by atoms with Gasteiger partial charge in [0.15, 0.2) is 5.78 Å². The van der Waals surface area contributed by atoms with Gasteiger partial charge in [-0.3, -0.25) is 4.79 Å². The lowest BCUT2D eigenvalue weighted by Gasteiger charge is -1.94. The Morgan fingerprint density at radius 3 is 2.54 bits per heavy atom. The number of thiophene rings is 1. The summed E-state index contributed by atoms with van der Waals surface area (Å²) in [6, 6.07) is 1.96. The fraction of sp³-hybridized carbons (Fsp3) is 0.364. The van der Waals surface area contributed by atoms with Crippen LogP contribution in [0.15, 0.2) is 18.2 Å². The van der Waals surface area contributed by atoms with Crippen LogP contribution < -0.4 is 0 Å². The van der Waals surface area contributed by atoms with E-state index in [2.05, 4.69) is 6.58 Å². The maximum atomic E-state index is 11.6. The molecule has 0 radical (unpaired) electrons. The van der Waals surface area contributed by atoms with Crippen molar-refractivity contribution in [3.05, 3.63) is 33.5 Å². The molecule has 13 heavy (non-hydrogen) atoms. The highest BCUT2D eigenvalue weighted by Gasteiger charge is 2.09. The molecule has 0 aromatic carbocycles. The van der Waals surface area contributed by atoms with Crippen LogP contribution in [0.25, 0.3) is 0 Å². The van der Waals surface area contributed by atoms with Crippen LogP contribution in [-0.4, -0.2) is 5.78 Å². The molecular formula is C11H14OS. The Morgan fingerprint density at radius 1 is 1.54 bits per heavy atom. The fourth-order valence-corrected chi connectivity index (χ4v) is 2.04. The van der Waals surface area contributed by atoms with Gasteiger partial charge in [0.25, 0.3) is 0 Å². The van der Waals surface area contributed by atoms with Gasteiger partial charge in [0.1, 0.15) is 0 Å². The SMILES string of the molecule is C=C(C)CC(=O)c1cc(C)c(C)s1. The van der Waals surface area contributed by atoms with Gasteiger partial charge in [-0.15, -0.1) is 11.3 Å². The molecule has 0 aliphatic carbocycles. The molecule has 1 nitrogen and oxygen atoms in total. The Bertz CT molecular complexity index is 327. The molecule has 0 unspecified atom stereocenters. The minimum Gasteiger partial charge on any atom is -0.293 e. The molecule has 0 aliphatic rings. The van der Waals surface area contributed by atoms with E-state index in [1.165, 1.54) is 10.4 Å². The number of aryl methyl sites for hydroxylation is 2. The molecular weight excluding hydrogens is 180 g/mol. The first-order valence-electron chi connectivity index (χ1n) is 4.25. The molecule has 1 aromatic heterocycles. The summed E-state index contributed by atoms with van der Waals surface area (Å²) in [4.78, 5) is 13.7. The monoisotopic (exact) mass is 194 g/mol. The van der Waals surface area contributed by atoms with Crippen LogP contribution in [0.4, 0.5) is 0 Å². The smallest absolute Gasteiger partial charge is 0.176 e. The van der Waals surface area contributed by atoms with Gasteiger partial charge < -0.3 is 0 Å². The highest BCUT2D eigenvalue weighted by Crippen LogP contribution is 2.22. The van der Waals surface area contributed by atoms with E-state index >= 15 is 0 Å². The average molecular weight is 194 g/mol. The second-order valence-corrected chi connectivity index (χ2v) is 4.66. The molecule has 0 fully saturated rings. The van der Waals surface area contributed by atoms with Crippen molar-refractivity contribution in [1.82, 2.24) is 0 Å². The molecule has 1 heterocycles. The summed E-state index contributed by atoms with van der Waals surface area (Å²) in [5, 5.41) is 0. The van der Waals surface area contributed by atoms with Crippen LogP contribution in [-0.2, 0) is 0 Å². The van der Waals surface area contributed by atoms with E-state index in [9.17, 15) is 4.79 Å². The first-order chi connectivity index (χ1) is 6.00. The third-order valence-corrected chi connectivity index (χ3v) is 3.10. The van der Waals surface area contributed by atoms with Gasteiger partial charge in [0, 0.05) is 11.3 Å². The Hall–Kier alpha value is -0.890. The van der Waals surface area contributed by atoms with E-state index in [0.717, 1.165) is 10.5 Å². The Kier molecular flexibility index (Phi) is 3.04. The van der Waals surface area contributed by atoms with Crippen LogP contribution in [0.5, 0.6) is 0 Å². The first kappa shape index (κ1) is 10.2. The van der Waals surface area contributed by atoms with Gasteiger partial charge in [-0.05, 0) is 32.4 Å². The van der Waals surface area contributed by atoms with Crippen LogP contribution in [0, 0.1) is 13.8 Å². The summed E-state index contributed by atoms with van der Waals surface area (Å²) < 4.78 is 0. The fourth-order valence-electron chi connectivity index (χ4n) is 1.07. The van der Waals surface area contributed by atoms with Crippen molar-refractivity contribution in [3.8, 4) is 0 Å². The Morgan fingerprint density at radius 2 is 2.15 bits per heavy atom. The number of carbonyl (C=O) groups is 1. The highest BCUT2D eigenvalue weighted by atomic mass is 32.1. The Labute approximate surface area is 83.1 Å². The number of ketones is 1. The van der Waals surface area contributed by atoms with Crippen molar-refractivity contribution in [2.45, 2.75) is 27.2 Å². The second kappa shape index (κ2) is 3.88. The lowest BCUT2D eigenvalue weighted by Crippen LogP contribution is -1.95. The van der Waals surface area contributed by atoms with Gasteiger partial charge in [0.2, 0.25) is 0 Å². The van der Waals surface area contributed by atoms with Crippen molar-refractivity contribution in [2.75, 3.05) is 0 Å². The van der Waals surface area contributed by atoms with Gasteiger partial charge in [-0.2, -0.15) is 0 Å². The van der Waals surface area contributed by atoms with Gasteiger partial charge in [0.05, 0.1) is 4.88 Å². The predicted molar refractivity (Wildman–Crippen MR) is 57.6 cm³/mol. The third kappa shape index (κ3) is 2.52. The van der Waals surface area contributed by atoms with E-state index in [1.54, 1.807) is 11.3 Å². The van der Waals surface area contributed by atoms with Crippen molar-refractivity contribution in [3.63, 3.8) is 0 Å². The van der Waals surface area contributed by atoms with Crippen molar-refractivity contribution < 1.29 is 4.79 Å². The van der Waals surface area contributed by atoms with Crippen LogP contribution in [0.3, 0.4) is 0 Å².